The van der Waals surface area contributed by atoms with Gasteiger partial charge in [0.05, 0.1) is 17.3 Å². The van der Waals surface area contributed by atoms with E-state index in [1.807, 2.05) is 42.5 Å². The third kappa shape index (κ3) is 4.66. The molecule has 3 aromatic carbocycles. The molecule has 1 aliphatic heterocycles. The summed E-state index contributed by atoms with van der Waals surface area (Å²) >= 11 is 8.78. The van der Waals surface area contributed by atoms with Crippen LogP contribution in [0, 0.1) is 5.82 Å². The van der Waals surface area contributed by atoms with E-state index < -0.39 is 0 Å². The number of thiocarbonyl (C=S) groups is 1. The first-order valence-corrected chi connectivity index (χ1v) is 10.8. The number of methoxy groups -OCH3 is 1. The molecular weight excluding hydrogens is 495 g/mol. The number of para-hydroxylation sites is 1. The van der Waals surface area contributed by atoms with Crippen molar-refractivity contribution in [1.82, 2.24) is 5.32 Å². The summed E-state index contributed by atoms with van der Waals surface area (Å²) in [6, 6.07) is 18.7. The molecule has 0 aromatic heterocycles. The van der Waals surface area contributed by atoms with Crippen LogP contribution in [0.4, 0.5) is 10.1 Å². The highest BCUT2D eigenvalue weighted by Crippen LogP contribution is 2.28. The number of hydrogen-bond acceptors (Lipinski definition) is 4. The molecule has 0 spiro atoms. The zero-order valence-electron chi connectivity index (χ0n) is 17.0. The number of benzene rings is 3. The van der Waals surface area contributed by atoms with Crippen molar-refractivity contribution in [2.45, 2.75) is 6.61 Å². The van der Waals surface area contributed by atoms with E-state index in [2.05, 4.69) is 21.2 Å². The summed E-state index contributed by atoms with van der Waals surface area (Å²) in [5, 5.41) is 3.17. The molecule has 1 heterocycles. The van der Waals surface area contributed by atoms with Crippen molar-refractivity contribution in [3.05, 3.63) is 93.8 Å². The number of carbonyl (C=O) groups excluding carboxylic acids is 1. The van der Waals surface area contributed by atoms with E-state index >= 15 is 0 Å². The number of anilines is 1. The lowest BCUT2D eigenvalue weighted by Gasteiger charge is -2.13. The first-order chi connectivity index (χ1) is 15.5. The quantitative estimate of drug-likeness (QED) is 0.352. The van der Waals surface area contributed by atoms with E-state index in [0.717, 1.165) is 15.6 Å². The van der Waals surface area contributed by atoms with Gasteiger partial charge >= 0.3 is 0 Å². The third-order valence-electron chi connectivity index (χ3n) is 4.80. The number of nitrogens with one attached hydrogen (secondary N) is 1. The molecule has 1 amide bonds. The summed E-state index contributed by atoms with van der Waals surface area (Å²) in [7, 11) is 1.59. The van der Waals surface area contributed by atoms with E-state index in [4.69, 9.17) is 21.7 Å². The molecule has 8 heteroatoms. The van der Waals surface area contributed by atoms with Crippen molar-refractivity contribution in [2.24, 2.45) is 0 Å². The maximum absolute atomic E-state index is 13.2. The Labute approximate surface area is 198 Å². The number of nitrogens with zero attached hydrogens (tertiary/aromatic N) is 1. The fourth-order valence-corrected chi connectivity index (χ4v) is 3.94. The number of rotatable bonds is 6. The van der Waals surface area contributed by atoms with Gasteiger partial charge in [-0.25, -0.2) is 4.39 Å². The number of halogens is 2. The third-order valence-corrected chi connectivity index (χ3v) is 5.74. The second kappa shape index (κ2) is 9.50. The lowest BCUT2D eigenvalue weighted by atomic mass is 10.1. The molecule has 5 nitrogen and oxygen atoms in total. The molecule has 4 rings (SSSR count). The summed E-state index contributed by atoms with van der Waals surface area (Å²) in [5.74, 6) is 0.689. The number of amides is 1. The highest BCUT2D eigenvalue weighted by molar-refractivity contribution is 9.10. The molecule has 1 N–H and O–H groups in total. The van der Waals surface area contributed by atoms with Crippen LogP contribution < -0.4 is 19.7 Å². The summed E-state index contributed by atoms with van der Waals surface area (Å²) in [6.07, 6.45) is 1.71. The SMILES string of the molecule is COc1ccc(/C=C2/NC(=S)N(c3ccc(F)cc3)C2=O)cc1COc1ccccc1Br. The Balaban J connectivity index is 1.57. The normalized spacial score (nSPS) is 14.6. The summed E-state index contributed by atoms with van der Waals surface area (Å²) in [5.41, 5.74) is 2.41. The second-order valence-electron chi connectivity index (χ2n) is 6.90. The van der Waals surface area contributed by atoms with Gasteiger partial charge in [-0.15, -0.1) is 0 Å². The highest BCUT2D eigenvalue weighted by atomic mass is 79.9. The van der Waals surface area contributed by atoms with Crippen molar-refractivity contribution < 1.29 is 18.7 Å². The van der Waals surface area contributed by atoms with Crippen LogP contribution in [0.3, 0.4) is 0 Å². The van der Waals surface area contributed by atoms with Crippen LogP contribution in [0.1, 0.15) is 11.1 Å². The first kappa shape index (κ1) is 22.0. The Morgan fingerprint density at radius 2 is 1.84 bits per heavy atom. The molecule has 3 aromatic rings. The largest absolute Gasteiger partial charge is 0.496 e. The first-order valence-electron chi connectivity index (χ1n) is 9.63. The van der Waals surface area contributed by atoms with Crippen molar-refractivity contribution in [3.8, 4) is 11.5 Å². The maximum atomic E-state index is 13.2. The fourth-order valence-electron chi connectivity index (χ4n) is 3.24. The predicted molar refractivity (Wildman–Crippen MR) is 129 cm³/mol. The van der Waals surface area contributed by atoms with Gasteiger partial charge in [0.15, 0.2) is 5.11 Å². The minimum atomic E-state index is -0.384. The highest BCUT2D eigenvalue weighted by Gasteiger charge is 2.32. The van der Waals surface area contributed by atoms with Gasteiger partial charge in [-0.2, -0.15) is 0 Å². The van der Waals surface area contributed by atoms with Crippen LogP contribution in [0.25, 0.3) is 6.08 Å². The fraction of sp³-hybridized carbons (Fsp3) is 0.0833. The molecule has 1 aliphatic rings. The maximum Gasteiger partial charge on any atom is 0.281 e. The van der Waals surface area contributed by atoms with Crippen molar-refractivity contribution in [2.75, 3.05) is 12.0 Å². The molecule has 162 valence electrons. The zero-order valence-corrected chi connectivity index (χ0v) is 19.4. The standard InChI is InChI=1S/C24H18BrFN2O3S/c1-30-21-11-6-15(12-16(21)14-31-22-5-3-2-4-19(22)25)13-20-23(29)28(24(32)27-20)18-9-7-17(26)8-10-18/h2-13H,14H2,1H3,(H,27,32)/b20-13+. The summed E-state index contributed by atoms with van der Waals surface area (Å²) in [4.78, 5) is 14.3. The van der Waals surface area contributed by atoms with Gasteiger partial charge in [0.1, 0.15) is 29.6 Å². The lowest BCUT2D eigenvalue weighted by molar-refractivity contribution is -0.113. The van der Waals surface area contributed by atoms with Crippen molar-refractivity contribution in [1.29, 1.82) is 0 Å². The Morgan fingerprint density at radius 1 is 1.09 bits per heavy atom. The smallest absolute Gasteiger partial charge is 0.281 e. The van der Waals surface area contributed by atoms with Crippen LogP contribution in [0.15, 0.2) is 76.9 Å². The van der Waals surface area contributed by atoms with Crippen LogP contribution in [-0.2, 0) is 11.4 Å². The molecular formula is C24H18BrFN2O3S. The molecule has 1 fully saturated rings. The van der Waals surface area contributed by atoms with Gasteiger partial charge < -0.3 is 14.8 Å². The number of ether oxygens (including phenoxy) is 2. The van der Waals surface area contributed by atoms with Gasteiger partial charge in [0, 0.05) is 5.56 Å². The molecule has 1 saturated heterocycles. The Hall–Kier alpha value is -3.23. The minimum Gasteiger partial charge on any atom is -0.496 e. The van der Waals surface area contributed by atoms with Crippen LogP contribution in [0.2, 0.25) is 0 Å². The van der Waals surface area contributed by atoms with Gasteiger partial charge in [-0.05, 0) is 88.3 Å². The van der Waals surface area contributed by atoms with E-state index in [-0.39, 0.29) is 23.4 Å². The molecule has 32 heavy (non-hydrogen) atoms. The molecule has 0 bridgehead atoms. The van der Waals surface area contributed by atoms with Gasteiger partial charge in [-0.3, -0.25) is 9.69 Å². The van der Waals surface area contributed by atoms with Crippen LogP contribution in [-0.4, -0.2) is 18.1 Å². The molecule has 0 radical (unpaired) electrons. The van der Waals surface area contributed by atoms with Crippen LogP contribution in [0.5, 0.6) is 11.5 Å². The molecule has 0 aliphatic carbocycles. The lowest BCUT2D eigenvalue weighted by Crippen LogP contribution is -2.30. The minimum absolute atomic E-state index is 0.235. The molecule has 0 saturated carbocycles. The average molecular weight is 513 g/mol. The van der Waals surface area contributed by atoms with Gasteiger partial charge in [0.2, 0.25) is 0 Å². The Bertz CT molecular complexity index is 1210. The summed E-state index contributed by atoms with van der Waals surface area (Å²) < 4.78 is 25.5. The molecule has 0 atom stereocenters. The van der Waals surface area contributed by atoms with E-state index in [9.17, 15) is 9.18 Å². The zero-order chi connectivity index (χ0) is 22.7. The van der Waals surface area contributed by atoms with Gasteiger partial charge in [-0.1, -0.05) is 18.2 Å². The predicted octanol–water partition coefficient (Wildman–Crippen LogP) is 5.44. The monoisotopic (exact) mass is 512 g/mol. The van der Waals surface area contributed by atoms with Crippen LogP contribution >= 0.6 is 28.1 Å². The average Bonchev–Trinajstić information content (AvgIpc) is 3.07. The Morgan fingerprint density at radius 3 is 2.56 bits per heavy atom. The molecule has 0 unspecified atom stereocenters. The second-order valence-corrected chi connectivity index (χ2v) is 8.14. The number of hydrogen-bond donors (Lipinski definition) is 1. The number of carbonyl (C=O) groups is 1. The van der Waals surface area contributed by atoms with E-state index in [0.29, 0.717) is 22.9 Å². The summed E-state index contributed by atoms with van der Waals surface area (Å²) in [6.45, 7) is 0.282. The van der Waals surface area contributed by atoms with Gasteiger partial charge in [0.25, 0.3) is 5.91 Å². The van der Waals surface area contributed by atoms with E-state index in [1.165, 1.54) is 29.2 Å². The van der Waals surface area contributed by atoms with Crippen molar-refractivity contribution in [3.63, 3.8) is 0 Å². The van der Waals surface area contributed by atoms with E-state index in [1.54, 1.807) is 13.2 Å². The van der Waals surface area contributed by atoms with Crippen molar-refractivity contribution >= 4 is 50.9 Å². The topological polar surface area (TPSA) is 50.8 Å². The Kier molecular flexibility index (Phi) is 6.53.